The molecule has 2 aromatic rings. The zero-order valence-electron chi connectivity index (χ0n) is 14.7. The van der Waals surface area contributed by atoms with Crippen molar-refractivity contribution < 1.29 is 4.74 Å². The maximum atomic E-state index is 6.31. The van der Waals surface area contributed by atoms with Gasteiger partial charge in [-0.05, 0) is 44.5 Å². The van der Waals surface area contributed by atoms with Gasteiger partial charge in [-0.25, -0.2) is 9.97 Å². The van der Waals surface area contributed by atoms with E-state index in [9.17, 15) is 0 Å². The topological polar surface area (TPSA) is 54.4 Å². The number of hydrogen-bond acceptors (Lipinski definition) is 6. The summed E-state index contributed by atoms with van der Waals surface area (Å²) in [6, 6.07) is 8.41. The van der Waals surface area contributed by atoms with E-state index in [1.165, 1.54) is 0 Å². The van der Waals surface area contributed by atoms with Gasteiger partial charge in [-0.1, -0.05) is 6.07 Å². The van der Waals surface area contributed by atoms with Crippen molar-refractivity contribution in [2.75, 3.05) is 31.6 Å². The van der Waals surface area contributed by atoms with E-state index in [2.05, 4.69) is 37.9 Å². The molecule has 0 bridgehead atoms. The Labute approximate surface area is 148 Å². The van der Waals surface area contributed by atoms with Crippen molar-refractivity contribution >= 4 is 5.95 Å². The standard InChI is InChI=1S/C19H25N5O/c1-23(14-16-5-2-3-8-20-16)17-13-19(25-15-17)6-11-24(12-7-19)18-21-9-4-10-22-18/h2-5,8-10,17H,6-7,11-15H2,1H3/t17-/m1/s1. The van der Waals surface area contributed by atoms with Crippen LogP contribution in [0.15, 0.2) is 42.9 Å². The average Bonchev–Trinajstić information content (AvgIpc) is 3.08. The molecule has 25 heavy (non-hydrogen) atoms. The molecule has 132 valence electrons. The smallest absolute Gasteiger partial charge is 0.225 e. The van der Waals surface area contributed by atoms with Crippen LogP contribution in [0.3, 0.4) is 0 Å². The second-order valence-corrected chi connectivity index (χ2v) is 7.12. The Kier molecular flexibility index (Phi) is 4.63. The van der Waals surface area contributed by atoms with Crippen molar-refractivity contribution in [3.8, 4) is 0 Å². The number of pyridine rings is 1. The molecule has 0 unspecified atom stereocenters. The minimum atomic E-state index is 0.0221. The van der Waals surface area contributed by atoms with E-state index >= 15 is 0 Å². The number of nitrogens with zero attached hydrogens (tertiary/aromatic N) is 5. The first-order valence-corrected chi connectivity index (χ1v) is 9.00. The molecule has 0 aliphatic carbocycles. The van der Waals surface area contributed by atoms with Crippen LogP contribution in [-0.2, 0) is 11.3 Å². The summed E-state index contributed by atoms with van der Waals surface area (Å²) in [7, 11) is 2.18. The largest absolute Gasteiger partial charge is 0.373 e. The molecular weight excluding hydrogens is 314 g/mol. The maximum absolute atomic E-state index is 6.31. The van der Waals surface area contributed by atoms with Gasteiger partial charge in [0.15, 0.2) is 0 Å². The molecule has 6 heteroatoms. The third-order valence-electron chi connectivity index (χ3n) is 5.46. The molecule has 0 N–H and O–H groups in total. The first-order chi connectivity index (χ1) is 12.2. The quantitative estimate of drug-likeness (QED) is 0.851. The number of rotatable bonds is 4. The lowest BCUT2D eigenvalue weighted by molar-refractivity contribution is -0.0159. The summed E-state index contributed by atoms with van der Waals surface area (Å²) in [5.74, 6) is 0.833. The van der Waals surface area contributed by atoms with Crippen molar-refractivity contribution in [3.05, 3.63) is 48.5 Å². The van der Waals surface area contributed by atoms with E-state index in [1.807, 2.05) is 24.4 Å². The molecule has 2 aliphatic rings. The molecule has 6 nitrogen and oxygen atoms in total. The Morgan fingerprint density at radius 1 is 1.12 bits per heavy atom. The van der Waals surface area contributed by atoms with Crippen LogP contribution in [0.25, 0.3) is 0 Å². The molecule has 2 saturated heterocycles. The predicted molar refractivity (Wildman–Crippen MR) is 96.3 cm³/mol. The second-order valence-electron chi connectivity index (χ2n) is 7.12. The van der Waals surface area contributed by atoms with Crippen LogP contribution < -0.4 is 4.90 Å². The molecule has 4 heterocycles. The number of hydrogen-bond donors (Lipinski definition) is 0. The molecule has 2 fully saturated rings. The number of piperidine rings is 1. The van der Waals surface area contributed by atoms with Gasteiger partial charge in [0.05, 0.1) is 17.9 Å². The van der Waals surface area contributed by atoms with E-state index in [4.69, 9.17) is 4.74 Å². The molecule has 1 spiro atoms. The van der Waals surface area contributed by atoms with Crippen LogP contribution in [0.2, 0.25) is 0 Å². The molecule has 4 rings (SSSR count). The second kappa shape index (κ2) is 7.06. The van der Waals surface area contributed by atoms with Crippen LogP contribution in [0.5, 0.6) is 0 Å². The van der Waals surface area contributed by atoms with Gasteiger partial charge in [0.2, 0.25) is 5.95 Å². The lowest BCUT2D eigenvalue weighted by Gasteiger charge is -2.38. The maximum Gasteiger partial charge on any atom is 0.225 e. The van der Waals surface area contributed by atoms with E-state index in [0.717, 1.165) is 57.1 Å². The monoisotopic (exact) mass is 339 g/mol. The van der Waals surface area contributed by atoms with Gasteiger partial charge in [0, 0.05) is 44.3 Å². The lowest BCUT2D eigenvalue weighted by Crippen LogP contribution is -2.45. The molecular formula is C19H25N5O. The van der Waals surface area contributed by atoms with Crippen LogP contribution in [-0.4, -0.2) is 58.2 Å². The molecule has 0 aromatic carbocycles. The third-order valence-corrected chi connectivity index (χ3v) is 5.46. The highest BCUT2D eigenvalue weighted by Crippen LogP contribution is 2.38. The van der Waals surface area contributed by atoms with Crippen molar-refractivity contribution in [2.45, 2.75) is 37.5 Å². The van der Waals surface area contributed by atoms with Crippen molar-refractivity contribution in [2.24, 2.45) is 0 Å². The molecule has 1 atom stereocenters. The Morgan fingerprint density at radius 3 is 2.60 bits per heavy atom. The molecule has 0 amide bonds. The number of anilines is 1. The lowest BCUT2D eigenvalue weighted by atomic mass is 9.87. The van der Waals surface area contributed by atoms with E-state index in [-0.39, 0.29) is 5.60 Å². The Morgan fingerprint density at radius 2 is 1.88 bits per heavy atom. The number of ether oxygens (including phenoxy) is 1. The summed E-state index contributed by atoms with van der Waals surface area (Å²) >= 11 is 0. The summed E-state index contributed by atoms with van der Waals surface area (Å²) in [6.45, 7) is 3.60. The number of likely N-dealkylation sites (N-methyl/N-ethyl adjacent to an activating group) is 1. The molecule has 0 radical (unpaired) electrons. The summed E-state index contributed by atoms with van der Waals surface area (Å²) in [5, 5.41) is 0. The summed E-state index contributed by atoms with van der Waals surface area (Å²) in [6.07, 6.45) is 8.65. The highest BCUT2D eigenvalue weighted by molar-refractivity contribution is 5.29. The van der Waals surface area contributed by atoms with Crippen molar-refractivity contribution in [1.82, 2.24) is 19.9 Å². The van der Waals surface area contributed by atoms with Crippen LogP contribution in [0.1, 0.15) is 25.0 Å². The van der Waals surface area contributed by atoms with Gasteiger partial charge >= 0.3 is 0 Å². The van der Waals surface area contributed by atoms with E-state index < -0.39 is 0 Å². The van der Waals surface area contributed by atoms with Gasteiger partial charge in [0.25, 0.3) is 0 Å². The van der Waals surface area contributed by atoms with Crippen molar-refractivity contribution in [1.29, 1.82) is 0 Å². The van der Waals surface area contributed by atoms with E-state index in [0.29, 0.717) is 6.04 Å². The van der Waals surface area contributed by atoms with Crippen LogP contribution >= 0.6 is 0 Å². The normalized spacial score (nSPS) is 22.6. The third kappa shape index (κ3) is 3.65. The first-order valence-electron chi connectivity index (χ1n) is 9.00. The zero-order valence-corrected chi connectivity index (χ0v) is 14.7. The fraction of sp³-hybridized carbons (Fsp3) is 0.526. The first kappa shape index (κ1) is 16.4. The Hall–Kier alpha value is -2.05. The fourth-order valence-corrected chi connectivity index (χ4v) is 3.90. The number of aromatic nitrogens is 3. The Balaban J connectivity index is 1.33. The summed E-state index contributed by atoms with van der Waals surface area (Å²) in [5.41, 5.74) is 1.14. The zero-order chi connectivity index (χ0) is 17.1. The molecule has 0 saturated carbocycles. The van der Waals surface area contributed by atoms with Crippen LogP contribution in [0.4, 0.5) is 5.95 Å². The van der Waals surface area contributed by atoms with E-state index in [1.54, 1.807) is 12.4 Å². The van der Waals surface area contributed by atoms with Gasteiger partial charge in [-0.2, -0.15) is 0 Å². The molecule has 2 aromatic heterocycles. The minimum absolute atomic E-state index is 0.0221. The van der Waals surface area contributed by atoms with Crippen molar-refractivity contribution in [3.63, 3.8) is 0 Å². The molecule has 2 aliphatic heterocycles. The highest BCUT2D eigenvalue weighted by Gasteiger charge is 2.44. The Bertz CT molecular complexity index is 673. The minimum Gasteiger partial charge on any atom is -0.373 e. The van der Waals surface area contributed by atoms with Gasteiger partial charge in [-0.3, -0.25) is 9.88 Å². The van der Waals surface area contributed by atoms with Gasteiger partial charge in [0.1, 0.15) is 0 Å². The predicted octanol–water partition coefficient (Wildman–Crippen LogP) is 2.13. The average molecular weight is 339 g/mol. The highest BCUT2D eigenvalue weighted by atomic mass is 16.5. The SMILES string of the molecule is CN(Cc1ccccn1)[C@H]1COC2(CCN(c3ncccn3)CC2)C1. The summed E-state index contributed by atoms with van der Waals surface area (Å²) in [4.78, 5) is 17.8. The van der Waals surface area contributed by atoms with Crippen LogP contribution in [0, 0.1) is 0 Å². The fourth-order valence-electron chi connectivity index (χ4n) is 3.90. The van der Waals surface area contributed by atoms with Gasteiger partial charge in [-0.15, -0.1) is 0 Å². The summed E-state index contributed by atoms with van der Waals surface area (Å²) < 4.78 is 6.31. The van der Waals surface area contributed by atoms with Gasteiger partial charge < -0.3 is 9.64 Å².